The number of halogens is 2. The molecule has 2 aromatic rings. The molecule has 5 rings (SSSR count). The highest BCUT2D eigenvalue weighted by Crippen LogP contribution is 2.81. The smallest absolute Gasteiger partial charge is 0.263 e. The SMILES string of the molecule is Cc1nc2sc(C(=O)NC3(C)C4(CCCCC4)C34CCCCC4)c(Cl)c2c(C)c1Cl. The molecule has 6 heteroatoms. The Hall–Kier alpha value is -0.840. The van der Waals surface area contributed by atoms with Crippen LogP contribution in [0.5, 0.6) is 0 Å². The number of carbonyl (C=O) groups is 1. The maximum Gasteiger partial charge on any atom is 0.263 e. The summed E-state index contributed by atoms with van der Waals surface area (Å²) < 4.78 is 0. The second-order valence-electron chi connectivity index (χ2n) is 9.93. The molecular weight excluding hydrogens is 435 g/mol. The Morgan fingerprint density at radius 3 is 2.00 bits per heavy atom. The van der Waals surface area contributed by atoms with E-state index in [1.54, 1.807) is 0 Å². The van der Waals surface area contributed by atoms with Gasteiger partial charge in [-0.1, -0.05) is 61.7 Å². The Morgan fingerprint density at radius 2 is 1.47 bits per heavy atom. The van der Waals surface area contributed by atoms with Crippen molar-refractivity contribution < 1.29 is 4.79 Å². The first-order chi connectivity index (χ1) is 14.3. The van der Waals surface area contributed by atoms with Crippen LogP contribution in [0.15, 0.2) is 0 Å². The van der Waals surface area contributed by atoms with Gasteiger partial charge in [-0.15, -0.1) is 11.3 Å². The van der Waals surface area contributed by atoms with Crippen molar-refractivity contribution in [1.29, 1.82) is 0 Å². The second-order valence-corrected chi connectivity index (χ2v) is 11.7. The highest BCUT2D eigenvalue weighted by molar-refractivity contribution is 7.21. The quantitative estimate of drug-likeness (QED) is 0.496. The average molecular weight is 465 g/mol. The highest BCUT2D eigenvalue weighted by Gasteiger charge is 2.82. The standard InChI is InChI=1S/C24H30Cl2N2OS/c1-14-16-18(26)19(30-21(16)27-15(2)17(14)25)20(29)28-22(3)23(10-6-4-7-11-23)24(22)12-8-5-9-13-24/h4-13H2,1-3H3,(H,28,29). The second kappa shape index (κ2) is 7.08. The third-order valence-electron chi connectivity index (χ3n) is 8.87. The van der Waals surface area contributed by atoms with E-state index in [1.165, 1.54) is 75.5 Å². The first-order valence-electron chi connectivity index (χ1n) is 11.4. The lowest BCUT2D eigenvalue weighted by molar-refractivity contribution is 0.0916. The van der Waals surface area contributed by atoms with Crippen LogP contribution in [0.4, 0.5) is 0 Å². The Bertz CT molecular complexity index is 1010. The third kappa shape index (κ3) is 2.56. The molecule has 3 aliphatic rings. The lowest BCUT2D eigenvalue weighted by atomic mass is 9.73. The highest BCUT2D eigenvalue weighted by atomic mass is 35.5. The number of aromatic nitrogens is 1. The molecule has 0 aromatic carbocycles. The number of carbonyl (C=O) groups excluding carboxylic acids is 1. The summed E-state index contributed by atoms with van der Waals surface area (Å²) in [7, 11) is 0. The zero-order valence-electron chi connectivity index (χ0n) is 18.1. The molecule has 3 fully saturated rings. The maximum absolute atomic E-state index is 13.6. The number of fused-ring (bicyclic) bond motifs is 2. The van der Waals surface area contributed by atoms with E-state index in [2.05, 4.69) is 17.2 Å². The van der Waals surface area contributed by atoms with Crippen LogP contribution in [0.2, 0.25) is 10.0 Å². The number of rotatable bonds is 2. The van der Waals surface area contributed by atoms with Gasteiger partial charge < -0.3 is 5.32 Å². The van der Waals surface area contributed by atoms with Gasteiger partial charge in [0.1, 0.15) is 9.71 Å². The van der Waals surface area contributed by atoms with Crippen molar-refractivity contribution >= 4 is 50.7 Å². The van der Waals surface area contributed by atoms with E-state index in [1.807, 2.05) is 13.8 Å². The summed E-state index contributed by atoms with van der Waals surface area (Å²) in [6, 6.07) is 0. The summed E-state index contributed by atoms with van der Waals surface area (Å²) in [5.74, 6) is -0.0360. The molecule has 0 atom stereocenters. The molecule has 0 saturated heterocycles. The molecule has 3 aliphatic carbocycles. The monoisotopic (exact) mass is 464 g/mol. The lowest BCUT2D eigenvalue weighted by Crippen LogP contribution is -2.41. The first-order valence-corrected chi connectivity index (χ1v) is 12.9. The molecule has 3 nitrogen and oxygen atoms in total. The van der Waals surface area contributed by atoms with Gasteiger partial charge in [-0.2, -0.15) is 0 Å². The molecule has 2 spiro atoms. The predicted molar refractivity (Wildman–Crippen MR) is 126 cm³/mol. The number of hydrogen-bond donors (Lipinski definition) is 1. The summed E-state index contributed by atoms with van der Waals surface area (Å²) in [5.41, 5.74) is 2.09. The van der Waals surface area contributed by atoms with Crippen molar-refractivity contribution in [3.8, 4) is 0 Å². The Kier molecular flexibility index (Phi) is 4.96. The maximum atomic E-state index is 13.6. The van der Waals surface area contributed by atoms with Crippen molar-refractivity contribution in [1.82, 2.24) is 10.3 Å². The number of hydrogen-bond acceptors (Lipinski definition) is 3. The van der Waals surface area contributed by atoms with Crippen molar-refractivity contribution in [2.24, 2.45) is 10.8 Å². The van der Waals surface area contributed by atoms with E-state index in [0.717, 1.165) is 21.5 Å². The van der Waals surface area contributed by atoms with Crippen LogP contribution in [0, 0.1) is 24.7 Å². The molecule has 3 saturated carbocycles. The van der Waals surface area contributed by atoms with Gasteiger partial charge >= 0.3 is 0 Å². The molecule has 162 valence electrons. The molecule has 1 amide bonds. The fourth-order valence-corrected chi connectivity index (χ4v) is 9.07. The minimum absolute atomic E-state index is 0.0360. The summed E-state index contributed by atoms with van der Waals surface area (Å²) in [5, 5.41) is 5.50. The van der Waals surface area contributed by atoms with E-state index in [0.29, 0.717) is 14.9 Å². The fourth-order valence-electron chi connectivity index (χ4n) is 7.37. The minimum Gasteiger partial charge on any atom is -0.345 e. The van der Waals surface area contributed by atoms with Gasteiger partial charge in [0.2, 0.25) is 0 Å². The number of aryl methyl sites for hydroxylation is 2. The third-order valence-corrected chi connectivity index (χ3v) is 11.0. The van der Waals surface area contributed by atoms with Crippen LogP contribution in [-0.4, -0.2) is 16.4 Å². The number of pyridine rings is 1. The van der Waals surface area contributed by atoms with Crippen molar-refractivity contribution in [2.45, 2.75) is 90.5 Å². The summed E-state index contributed by atoms with van der Waals surface area (Å²) in [6.07, 6.45) is 12.8. The number of nitrogens with one attached hydrogen (secondary N) is 1. The number of thiophene rings is 1. The molecule has 30 heavy (non-hydrogen) atoms. The van der Waals surface area contributed by atoms with Crippen LogP contribution in [-0.2, 0) is 0 Å². The van der Waals surface area contributed by atoms with Crippen molar-refractivity contribution in [2.75, 3.05) is 0 Å². The van der Waals surface area contributed by atoms with Gasteiger partial charge in [-0.05, 0) is 52.0 Å². The Balaban J connectivity index is 1.52. The van der Waals surface area contributed by atoms with E-state index in [9.17, 15) is 4.79 Å². The van der Waals surface area contributed by atoms with Gasteiger partial charge in [0.25, 0.3) is 5.91 Å². The Labute approximate surface area is 192 Å². The molecule has 0 bridgehead atoms. The first kappa shape index (κ1) is 21.0. The van der Waals surface area contributed by atoms with Gasteiger partial charge in [0.15, 0.2) is 0 Å². The summed E-state index contributed by atoms with van der Waals surface area (Å²) in [6.45, 7) is 6.18. The van der Waals surface area contributed by atoms with Gasteiger partial charge in [-0.3, -0.25) is 4.79 Å². The average Bonchev–Trinajstić information content (AvgIpc) is 2.98. The number of amides is 1. The zero-order valence-corrected chi connectivity index (χ0v) is 20.4. The van der Waals surface area contributed by atoms with E-state index in [-0.39, 0.29) is 22.3 Å². The Morgan fingerprint density at radius 1 is 0.933 bits per heavy atom. The molecule has 2 heterocycles. The van der Waals surface area contributed by atoms with E-state index < -0.39 is 0 Å². The molecule has 2 aromatic heterocycles. The van der Waals surface area contributed by atoms with E-state index in [4.69, 9.17) is 23.2 Å². The molecule has 0 aliphatic heterocycles. The molecule has 1 N–H and O–H groups in total. The van der Waals surface area contributed by atoms with Crippen LogP contribution in [0.3, 0.4) is 0 Å². The molecule has 0 unspecified atom stereocenters. The fraction of sp³-hybridized carbons (Fsp3) is 0.667. The normalized spacial score (nSPS) is 23.8. The van der Waals surface area contributed by atoms with Gasteiger partial charge in [-0.25, -0.2) is 4.98 Å². The van der Waals surface area contributed by atoms with Gasteiger partial charge in [0.05, 0.1) is 21.3 Å². The molecule has 0 radical (unpaired) electrons. The summed E-state index contributed by atoms with van der Waals surface area (Å²) >= 11 is 14.5. The predicted octanol–water partition coefficient (Wildman–Crippen LogP) is 7.62. The topological polar surface area (TPSA) is 42.0 Å². The minimum atomic E-state index is -0.131. The van der Waals surface area contributed by atoms with E-state index >= 15 is 0 Å². The van der Waals surface area contributed by atoms with Crippen LogP contribution < -0.4 is 5.32 Å². The van der Waals surface area contributed by atoms with Crippen LogP contribution >= 0.6 is 34.5 Å². The molecular formula is C24H30Cl2N2OS. The van der Waals surface area contributed by atoms with Gasteiger partial charge in [0, 0.05) is 16.2 Å². The zero-order chi connectivity index (χ0) is 21.3. The van der Waals surface area contributed by atoms with Crippen molar-refractivity contribution in [3.63, 3.8) is 0 Å². The van der Waals surface area contributed by atoms with Crippen molar-refractivity contribution in [3.05, 3.63) is 26.2 Å². The van der Waals surface area contributed by atoms with Crippen LogP contribution in [0.25, 0.3) is 10.2 Å². The summed E-state index contributed by atoms with van der Waals surface area (Å²) in [4.78, 5) is 19.6. The largest absolute Gasteiger partial charge is 0.345 e. The lowest BCUT2D eigenvalue weighted by Gasteiger charge is -2.30. The number of nitrogens with zero attached hydrogens (tertiary/aromatic N) is 1. The van der Waals surface area contributed by atoms with Crippen LogP contribution in [0.1, 0.15) is 92.1 Å².